The van der Waals surface area contributed by atoms with Gasteiger partial charge in [-0.1, -0.05) is 0 Å². The lowest BCUT2D eigenvalue weighted by Crippen LogP contribution is -2.30. The molecule has 2 rings (SSSR count). The third kappa shape index (κ3) is 3.02. The van der Waals surface area contributed by atoms with Crippen molar-refractivity contribution >= 4 is 28.6 Å². The van der Waals surface area contributed by atoms with Crippen molar-refractivity contribution < 1.29 is 18.7 Å². The molecule has 0 amide bonds. The maximum absolute atomic E-state index is 13.1. The van der Waals surface area contributed by atoms with Gasteiger partial charge in [0.1, 0.15) is 29.4 Å². The first-order chi connectivity index (χ1) is 10.3. The number of hydrogen-bond acceptors (Lipinski definition) is 4. The molecular weight excluding hydrogens is 311 g/mol. The van der Waals surface area contributed by atoms with Crippen LogP contribution in [0, 0.1) is 0 Å². The van der Waals surface area contributed by atoms with Gasteiger partial charge in [-0.3, -0.25) is 0 Å². The predicted molar refractivity (Wildman–Crippen MR) is 82.3 cm³/mol. The minimum absolute atomic E-state index is 0.213. The number of methoxy groups -OCH3 is 1. The smallest absolute Gasteiger partial charge is 0.338 e. The summed E-state index contributed by atoms with van der Waals surface area (Å²) in [5.41, 5.74) is 0.486. The first kappa shape index (κ1) is 16.5. The monoisotopic (exact) mass is 328 g/mol. The molecule has 0 fully saturated rings. The number of carbonyl (C=O) groups is 1. The summed E-state index contributed by atoms with van der Waals surface area (Å²) in [6.07, 6.45) is 0. The summed E-state index contributed by atoms with van der Waals surface area (Å²) in [4.78, 5) is 16.2. The van der Waals surface area contributed by atoms with E-state index in [-0.39, 0.29) is 5.88 Å². The minimum Gasteiger partial charge on any atom is -0.483 e. The van der Waals surface area contributed by atoms with Gasteiger partial charge in [0, 0.05) is 7.05 Å². The quantitative estimate of drug-likeness (QED) is 0.624. The molecule has 0 saturated carbocycles. The Labute approximate surface area is 133 Å². The Morgan fingerprint density at radius 1 is 1.45 bits per heavy atom. The highest BCUT2D eigenvalue weighted by Crippen LogP contribution is 2.31. The number of benzene rings is 1. The number of aryl methyl sites for hydroxylation is 1. The Morgan fingerprint density at radius 2 is 2.14 bits per heavy atom. The van der Waals surface area contributed by atoms with E-state index in [1.807, 2.05) is 0 Å². The fourth-order valence-corrected chi connectivity index (χ4v) is 2.30. The summed E-state index contributed by atoms with van der Waals surface area (Å²) in [5, 5.41) is 0. The Balaban J connectivity index is 2.68. The zero-order chi connectivity index (χ0) is 16.5. The van der Waals surface area contributed by atoms with Crippen LogP contribution in [-0.4, -0.2) is 34.9 Å². The van der Waals surface area contributed by atoms with E-state index in [1.165, 1.54) is 13.2 Å². The van der Waals surface area contributed by atoms with Gasteiger partial charge in [-0.25, -0.2) is 14.2 Å². The number of ether oxygens (including phenoxy) is 2. The first-order valence-electron chi connectivity index (χ1n) is 6.71. The van der Waals surface area contributed by atoms with E-state index in [0.29, 0.717) is 28.2 Å². The molecule has 0 spiro atoms. The van der Waals surface area contributed by atoms with E-state index >= 15 is 0 Å². The number of imidazole rings is 1. The number of halogens is 2. The molecular formula is C15H18ClFN2O3. The molecule has 120 valence electrons. The highest BCUT2D eigenvalue weighted by Gasteiger charge is 2.24. The lowest BCUT2D eigenvalue weighted by molar-refractivity contribution is 0.0596. The number of fused-ring (bicyclic) bond motifs is 1. The van der Waals surface area contributed by atoms with Crippen LogP contribution >= 0.6 is 11.6 Å². The Morgan fingerprint density at radius 3 is 2.68 bits per heavy atom. The highest BCUT2D eigenvalue weighted by molar-refractivity contribution is 6.17. The molecule has 1 aromatic heterocycles. The molecule has 0 aliphatic heterocycles. The molecule has 22 heavy (non-hydrogen) atoms. The van der Waals surface area contributed by atoms with Gasteiger partial charge in [-0.2, -0.15) is 0 Å². The summed E-state index contributed by atoms with van der Waals surface area (Å²) in [6, 6.07) is 3.16. The third-order valence-corrected chi connectivity index (χ3v) is 3.53. The molecule has 2 aromatic rings. The normalized spacial score (nSPS) is 11.7. The van der Waals surface area contributed by atoms with Crippen LogP contribution in [-0.2, 0) is 17.7 Å². The number of aromatic nitrogens is 2. The zero-order valence-corrected chi connectivity index (χ0v) is 13.7. The lowest BCUT2D eigenvalue weighted by atomic mass is 10.1. The number of nitrogens with zero attached hydrogens (tertiary/aromatic N) is 2. The number of rotatable bonds is 5. The van der Waals surface area contributed by atoms with Crippen LogP contribution in [0.5, 0.6) is 5.75 Å². The van der Waals surface area contributed by atoms with Crippen molar-refractivity contribution in [2.45, 2.75) is 25.3 Å². The minimum atomic E-state index is -1.03. The van der Waals surface area contributed by atoms with Crippen molar-refractivity contribution in [1.29, 1.82) is 0 Å². The molecule has 0 radical (unpaired) electrons. The van der Waals surface area contributed by atoms with Gasteiger partial charge in [-0.05, 0) is 26.0 Å². The van der Waals surface area contributed by atoms with Gasteiger partial charge >= 0.3 is 5.97 Å². The molecule has 0 N–H and O–H groups in total. The molecule has 0 aliphatic rings. The standard InChI is InChI=1S/C15H18ClFN2O3/c1-15(2,8-17)22-11-6-9(14(20)21-4)5-10-13(11)18-12(7-16)19(10)3/h5-6H,7-8H2,1-4H3. The SMILES string of the molecule is COC(=O)c1cc(OC(C)(C)CF)c2nc(CCl)n(C)c2c1. The molecule has 0 atom stereocenters. The third-order valence-electron chi connectivity index (χ3n) is 3.29. The van der Waals surface area contributed by atoms with Crippen molar-refractivity contribution in [2.75, 3.05) is 13.8 Å². The largest absolute Gasteiger partial charge is 0.483 e. The Hall–Kier alpha value is -1.82. The number of alkyl halides is 2. The molecule has 1 aromatic carbocycles. The van der Waals surface area contributed by atoms with Crippen molar-refractivity contribution in [3.63, 3.8) is 0 Å². The summed E-state index contributed by atoms with van der Waals surface area (Å²) >= 11 is 5.87. The van der Waals surface area contributed by atoms with E-state index in [0.717, 1.165) is 0 Å². The summed E-state index contributed by atoms with van der Waals surface area (Å²) < 4.78 is 25.3. The number of hydrogen-bond donors (Lipinski definition) is 0. The summed E-state index contributed by atoms with van der Waals surface area (Å²) in [6.45, 7) is 2.57. The first-order valence-corrected chi connectivity index (χ1v) is 7.25. The van der Waals surface area contributed by atoms with Crippen molar-refractivity contribution in [3.05, 3.63) is 23.5 Å². The van der Waals surface area contributed by atoms with Crippen LogP contribution in [0.2, 0.25) is 0 Å². The van der Waals surface area contributed by atoms with Crippen LogP contribution in [0.15, 0.2) is 12.1 Å². The molecule has 1 heterocycles. The van der Waals surface area contributed by atoms with Crippen LogP contribution in [0.3, 0.4) is 0 Å². The van der Waals surface area contributed by atoms with E-state index in [1.54, 1.807) is 31.5 Å². The van der Waals surface area contributed by atoms with Crippen LogP contribution in [0.1, 0.15) is 30.0 Å². The fourth-order valence-electron chi connectivity index (χ4n) is 2.06. The van der Waals surface area contributed by atoms with E-state index < -0.39 is 18.2 Å². The van der Waals surface area contributed by atoms with Gasteiger partial charge in [0.15, 0.2) is 0 Å². The van der Waals surface area contributed by atoms with Gasteiger partial charge < -0.3 is 14.0 Å². The van der Waals surface area contributed by atoms with Gasteiger partial charge in [-0.15, -0.1) is 11.6 Å². The predicted octanol–water partition coefficient (Wildman–Crippen LogP) is 3.23. The molecule has 0 saturated heterocycles. The lowest BCUT2D eigenvalue weighted by Gasteiger charge is -2.23. The van der Waals surface area contributed by atoms with Crippen LogP contribution in [0.4, 0.5) is 4.39 Å². The fraction of sp³-hybridized carbons (Fsp3) is 0.467. The van der Waals surface area contributed by atoms with Gasteiger partial charge in [0.25, 0.3) is 0 Å². The second-order valence-corrected chi connectivity index (χ2v) is 5.82. The van der Waals surface area contributed by atoms with Gasteiger partial charge in [0.05, 0.1) is 24.1 Å². The average molecular weight is 329 g/mol. The average Bonchev–Trinajstić information content (AvgIpc) is 2.83. The highest BCUT2D eigenvalue weighted by atomic mass is 35.5. The molecule has 5 nitrogen and oxygen atoms in total. The molecule has 0 aliphatic carbocycles. The van der Waals surface area contributed by atoms with Crippen LogP contribution in [0.25, 0.3) is 11.0 Å². The topological polar surface area (TPSA) is 53.4 Å². The number of esters is 1. The summed E-state index contributed by atoms with van der Waals surface area (Å²) in [7, 11) is 3.09. The zero-order valence-electron chi connectivity index (χ0n) is 12.9. The van der Waals surface area contributed by atoms with Crippen molar-refractivity contribution in [1.82, 2.24) is 9.55 Å². The Kier molecular flexibility index (Phi) is 4.60. The maximum atomic E-state index is 13.1. The number of carbonyl (C=O) groups excluding carboxylic acids is 1. The maximum Gasteiger partial charge on any atom is 0.338 e. The van der Waals surface area contributed by atoms with Crippen LogP contribution < -0.4 is 4.74 Å². The van der Waals surface area contributed by atoms with E-state index in [2.05, 4.69) is 4.98 Å². The second kappa shape index (κ2) is 6.12. The van der Waals surface area contributed by atoms with Crippen molar-refractivity contribution in [2.24, 2.45) is 7.05 Å². The van der Waals surface area contributed by atoms with E-state index in [9.17, 15) is 9.18 Å². The summed E-state index contributed by atoms with van der Waals surface area (Å²) in [5.74, 6) is 0.664. The van der Waals surface area contributed by atoms with Crippen molar-refractivity contribution in [3.8, 4) is 5.75 Å². The Bertz CT molecular complexity index is 712. The van der Waals surface area contributed by atoms with Gasteiger partial charge in [0.2, 0.25) is 0 Å². The molecule has 0 unspecified atom stereocenters. The van der Waals surface area contributed by atoms with E-state index in [4.69, 9.17) is 21.1 Å². The molecule has 7 heteroatoms. The molecule has 0 bridgehead atoms. The second-order valence-electron chi connectivity index (χ2n) is 5.55.